The second kappa shape index (κ2) is 4.45. The molecule has 2 N–H and O–H groups in total. The molecule has 0 saturated heterocycles. The summed E-state index contributed by atoms with van der Waals surface area (Å²) in [6, 6.07) is 11.2. The summed E-state index contributed by atoms with van der Waals surface area (Å²) in [6.45, 7) is 3.75. The third-order valence-electron chi connectivity index (χ3n) is 3.18. The fourth-order valence-corrected chi connectivity index (χ4v) is 2.34. The largest absolute Gasteiger partial charge is 0.366 e. The summed E-state index contributed by atoms with van der Waals surface area (Å²) in [4.78, 5) is 20.4. The van der Waals surface area contributed by atoms with Crippen molar-refractivity contribution >= 4 is 16.9 Å². The van der Waals surface area contributed by atoms with E-state index in [9.17, 15) is 4.79 Å². The number of rotatable bonds is 2. The monoisotopic (exact) mass is 266 g/mol. The van der Waals surface area contributed by atoms with Crippen LogP contribution in [-0.4, -0.2) is 20.4 Å². The van der Waals surface area contributed by atoms with Gasteiger partial charge in [0.1, 0.15) is 11.6 Å². The van der Waals surface area contributed by atoms with Gasteiger partial charge in [-0.25, -0.2) is 9.97 Å². The number of hydrogen-bond acceptors (Lipinski definition) is 3. The molecular weight excluding hydrogens is 252 g/mol. The van der Waals surface area contributed by atoms with Gasteiger partial charge < -0.3 is 5.73 Å². The van der Waals surface area contributed by atoms with Gasteiger partial charge in [-0.05, 0) is 38.1 Å². The van der Waals surface area contributed by atoms with E-state index >= 15 is 0 Å². The number of amides is 1. The molecule has 0 atom stereocenters. The third kappa shape index (κ3) is 1.93. The second-order valence-electron chi connectivity index (χ2n) is 4.70. The Kier molecular flexibility index (Phi) is 2.75. The standard InChI is InChI=1S/C15H14N4O/c1-9-7-11(15(16)20)8-14(17-9)19-10(2)18-12-5-3-4-6-13(12)19/h3-8H,1-2H3,(H2,16,20). The first-order valence-corrected chi connectivity index (χ1v) is 6.29. The molecular formula is C15H14N4O. The van der Waals surface area contributed by atoms with Crippen LogP contribution in [0.25, 0.3) is 16.9 Å². The Hall–Kier alpha value is -2.69. The number of fused-ring (bicyclic) bond motifs is 1. The summed E-state index contributed by atoms with van der Waals surface area (Å²) in [5, 5.41) is 0. The first kappa shape index (κ1) is 12.3. The molecule has 0 aliphatic rings. The third-order valence-corrected chi connectivity index (χ3v) is 3.18. The Bertz CT molecular complexity index is 820. The lowest BCUT2D eigenvalue weighted by molar-refractivity contribution is 0.1000. The zero-order valence-electron chi connectivity index (χ0n) is 11.3. The molecule has 5 nitrogen and oxygen atoms in total. The zero-order valence-corrected chi connectivity index (χ0v) is 11.3. The number of nitrogens with zero attached hydrogens (tertiary/aromatic N) is 3. The molecule has 0 radical (unpaired) electrons. The molecule has 20 heavy (non-hydrogen) atoms. The number of hydrogen-bond donors (Lipinski definition) is 1. The second-order valence-corrected chi connectivity index (χ2v) is 4.70. The van der Waals surface area contributed by atoms with Crippen LogP contribution in [0.1, 0.15) is 21.9 Å². The van der Waals surface area contributed by atoms with Crippen molar-refractivity contribution in [3.63, 3.8) is 0 Å². The number of aryl methyl sites for hydroxylation is 2. The number of para-hydroxylation sites is 2. The summed E-state index contributed by atoms with van der Waals surface area (Å²) < 4.78 is 1.93. The van der Waals surface area contributed by atoms with E-state index in [1.807, 2.05) is 42.7 Å². The van der Waals surface area contributed by atoms with E-state index in [1.165, 1.54) is 0 Å². The minimum absolute atomic E-state index is 0.449. The molecule has 3 rings (SSSR count). The van der Waals surface area contributed by atoms with E-state index in [1.54, 1.807) is 12.1 Å². The molecule has 0 fully saturated rings. The van der Waals surface area contributed by atoms with Crippen LogP contribution in [0.15, 0.2) is 36.4 Å². The lowest BCUT2D eigenvalue weighted by Crippen LogP contribution is -2.13. The van der Waals surface area contributed by atoms with Gasteiger partial charge in [-0.1, -0.05) is 12.1 Å². The van der Waals surface area contributed by atoms with Gasteiger partial charge in [0.15, 0.2) is 0 Å². The average Bonchev–Trinajstić information content (AvgIpc) is 2.73. The zero-order chi connectivity index (χ0) is 14.3. The first-order chi connectivity index (χ1) is 9.56. The molecule has 0 saturated carbocycles. The van der Waals surface area contributed by atoms with Crippen molar-refractivity contribution in [3.8, 4) is 5.82 Å². The van der Waals surface area contributed by atoms with Crippen LogP contribution in [0.5, 0.6) is 0 Å². The number of imidazole rings is 1. The molecule has 100 valence electrons. The van der Waals surface area contributed by atoms with E-state index < -0.39 is 5.91 Å². The van der Waals surface area contributed by atoms with E-state index in [4.69, 9.17) is 5.73 Å². The summed E-state index contributed by atoms with van der Waals surface area (Å²) in [7, 11) is 0. The number of pyridine rings is 1. The fourth-order valence-electron chi connectivity index (χ4n) is 2.34. The Morgan fingerprint density at radius 2 is 1.90 bits per heavy atom. The molecule has 0 spiro atoms. The maximum absolute atomic E-state index is 11.4. The normalized spacial score (nSPS) is 10.9. The Morgan fingerprint density at radius 1 is 1.15 bits per heavy atom. The lowest BCUT2D eigenvalue weighted by Gasteiger charge is -2.08. The first-order valence-electron chi connectivity index (χ1n) is 6.29. The van der Waals surface area contributed by atoms with E-state index in [0.29, 0.717) is 11.4 Å². The highest BCUT2D eigenvalue weighted by atomic mass is 16.1. The number of carbonyl (C=O) groups is 1. The van der Waals surface area contributed by atoms with Gasteiger partial charge >= 0.3 is 0 Å². The number of nitrogens with two attached hydrogens (primary N) is 1. The van der Waals surface area contributed by atoms with Crippen LogP contribution in [0, 0.1) is 13.8 Å². The van der Waals surface area contributed by atoms with Crippen molar-refractivity contribution in [1.29, 1.82) is 0 Å². The Morgan fingerprint density at radius 3 is 2.65 bits per heavy atom. The molecule has 1 aromatic carbocycles. The van der Waals surface area contributed by atoms with Gasteiger partial charge in [0.2, 0.25) is 5.91 Å². The average molecular weight is 266 g/mol. The molecule has 0 bridgehead atoms. The summed E-state index contributed by atoms with van der Waals surface area (Å²) in [6.07, 6.45) is 0. The van der Waals surface area contributed by atoms with Crippen LogP contribution in [0.3, 0.4) is 0 Å². The molecule has 0 aliphatic heterocycles. The maximum atomic E-state index is 11.4. The molecule has 0 unspecified atom stereocenters. The van der Waals surface area contributed by atoms with Crippen LogP contribution >= 0.6 is 0 Å². The quantitative estimate of drug-likeness (QED) is 0.772. The van der Waals surface area contributed by atoms with Crippen molar-refractivity contribution in [2.75, 3.05) is 0 Å². The predicted octanol–water partition coefficient (Wildman–Crippen LogP) is 2.14. The highest BCUT2D eigenvalue weighted by Crippen LogP contribution is 2.20. The smallest absolute Gasteiger partial charge is 0.248 e. The molecule has 2 aromatic heterocycles. The minimum Gasteiger partial charge on any atom is -0.366 e. The number of benzene rings is 1. The van der Waals surface area contributed by atoms with E-state index in [-0.39, 0.29) is 0 Å². The molecule has 5 heteroatoms. The Labute approximate surface area is 116 Å². The van der Waals surface area contributed by atoms with Crippen molar-refractivity contribution in [1.82, 2.24) is 14.5 Å². The molecule has 2 heterocycles. The van der Waals surface area contributed by atoms with Crippen molar-refractivity contribution in [2.24, 2.45) is 5.73 Å². The van der Waals surface area contributed by atoms with Crippen molar-refractivity contribution in [2.45, 2.75) is 13.8 Å². The van der Waals surface area contributed by atoms with Crippen LogP contribution in [0.4, 0.5) is 0 Å². The molecule has 3 aromatic rings. The predicted molar refractivity (Wildman–Crippen MR) is 76.9 cm³/mol. The Balaban J connectivity index is 2.30. The van der Waals surface area contributed by atoms with Crippen LogP contribution in [-0.2, 0) is 0 Å². The van der Waals surface area contributed by atoms with Crippen LogP contribution < -0.4 is 5.73 Å². The van der Waals surface area contributed by atoms with Crippen molar-refractivity contribution < 1.29 is 4.79 Å². The van der Waals surface area contributed by atoms with Gasteiger partial charge in [-0.2, -0.15) is 0 Å². The number of carbonyl (C=O) groups excluding carboxylic acids is 1. The number of aromatic nitrogens is 3. The fraction of sp³-hybridized carbons (Fsp3) is 0.133. The van der Waals surface area contributed by atoms with Gasteiger partial charge in [0, 0.05) is 11.3 Å². The summed E-state index contributed by atoms with van der Waals surface area (Å²) >= 11 is 0. The van der Waals surface area contributed by atoms with Gasteiger partial charge in [0.25, 0.3) is 0 Å². The highest BCUT2D eigenvalue weighted by molar-refractivity contribution is 5.93. The van der Waals surface area contributed by atoms with Gasteiger partial charge in [0.05, 0.1) is 11.0 Å². The van der Waals surface area contributed by atoms with Gasteiger partial charge in [-0.15, -0.1) is 0 Å². The van der Waals surface area contributed by atoms with E-state index in [0.717, 1.165) is 22.6 Å². The summed E-state index contributed by atoms with van der Waals surface area (Å²) in [5.41, 5.74) is 8.41. The summed E-state index contributed by atoms with van der Waals surface area (Å²) in [5.74, 6) is 1.02. The molecule has 0 aliphatic carbocycles. The van der Waals surface area contributed by atoms with Crippen molar-refractivity contribution in [3.05, 3.63) is 53.5 Å². The highest BCUT2D eigenvalue weighted by Gasteiger charge is 2.12. The lowest BCUT2D eigenvalue weighted by atomic mass is 10.2. The van der Waals surface area contributed by atoms with Crippen LogP contribution in [0.2, 0.25) is 0 Å². The topological polar surface area (TPSA) is 73.8 Å². The maximum Gasteiger partial charge on any atom is 0.248 e. The SMILES string of the molecule is Cc1cc(C(N)=O)cc(-n2c(C)nc3ccccc32)n1. The van der Waals surface area contributed by atoms with Gasteiger partial charge in [-0.3, -0.25) is 9.36 Å². The number of primary amides is 1. The molecule has 1 amide bonds. The van der Waals surface area contributed by atoms with E-state index in [2.05, 4.69) is 9.97 Å². The minimum atomic E-state index is -0.459.